The van der Waals surface area contributed by atoms with Crippen LogP contribution in [0.3, 0.4) is 0 Å². The van der Waals surface area contributed by atoms with Gasteiger partial charge in [0.2, 0.25) is 0 Å². The van der Waals surface area contributed by atoms with Gasteiger partial charge in [-0.15, -0.1) is 0 Å². The second-order valence-electron chi connectivity index (χ2n) is 15.4. The van der Waals surface area contributed by atoms with Crippen LogP contribution in [0.5, 0.6) is 0 Å². The van der Waals surface area contributed by atoms with Gasteiger partial charge in [-0.2, -0.15) is 0 Å². The van der Waals surface area contributed by atoms with E-state index in [1.807, 2.05) is 21.1 Å². The van der Waals surface area contributed by atoms with E-state index in [-0.39, 0.29) is 38.2 Å². The monoisotopic (exact) mass is 753 g/mol. The Bertz CT molecular complexity index is 839. The third kappa shape index (κ3) is 37.1. The van der Waals surface area contributed by atoms with Crippen LogP contribution < -0.4 is 0 Å². The van der Waals surface area contributed by atoms with Crippen molar-refractivity contribution < 1.29 is 37.2 Å². The fraction of sp³-hybridized carbons (Fsp3) is 0.950. The number of nitrogens with zero attached hydrogens (tertiary/aromatic N) is 1. The molecule has 298 valence electrons. The van der Waals surface area contributed by atoms with Crippen molar-refractivity contribution in [2.45, 2.75) is 200 Å². The van der Waals surface area contributed by atoms with Crippen molar-refractivity contribution in [1.82, 2.24) is 0 Å². The molecule has 0 aromatic rings. The fourth-order valence-corrected chi connectivity index (χ4v) is 6.92. The standard InChI is InChI=1S/C40H80ClNO7P/c1-6-8-10-12-14-16-18-20-22-24-26-28-30-32-39(43)46-36-38(37-48-50(41,45)47-35-34-42(3,4)5)49-40(44)33-31-29-27-25-23-21-19-17-15-13-11-9-7-2/h38H,6-37H2,1-5H3/q+1/t38-,50?/m0/s1. The molecule has 0 aliphatic carbocycles. The number of ether oxygens (including phenoxy) is 2. The minimum Gasteiger partial charge on any atom is -0.462 e. The van der Waals surface area contributed by atoms with Crippen molar-refractivity contribution in [2.24, 2.45) is 0 Å². The molecule has 10 heteroatoms. The van der Waals surface area contributed by atoms with E-state index in [2.05, 4.69) is 13.8 Å². The van der Waals surface area contributed by atoms with Crippen LogP contribution in [0.1, 0.15) is 194 Å². The fourth-order valence-electron chi connectivity index (χ4n) is 5.83. The molecule has 0 aromatic carbocycles. The van der Waals surface area contributed by atoms with Crippen LogP contribution in [0.4, 0.5) is 0 Å². The molecule has 0 bridgehead atoms. The molecule has 0 aromatic heterocycles. The number of likely N-dealkylation sites (N-methyl/N-ethyl adjacent to an activating group) is 1. The Kier molecular flexibility index (Phi) is 33.7. The molecule has 0 aliphatic heterocycles. The lowest BCUT2D eigenvalue weighted by atomic mass is 10.0. The Morgan fingerprint density at radius 3 is 1.28 bits per heavy atom. The molecule has 0 heterocycles. The average molecular weight is 754 g/mol. The van der Waals surface area contributed by atoms with E-state index in [1.165, 1.54) is 128 Å². The van der Waals surface area contributed by atoms with E-state index >= 15 is 0 Å². The number of carbonyl (C=O) groups excluding carboxylic acids is 2. The van der Waals surface area contributed by atoms with Gasteiger partial charge in [0.25, 0.3) is 0 Å². The maximum Gasteiger partial charge on any atom is 0.424 e. The smallest absolute Gasteiger partial charge is 0.424 e. The minimum atomic E-state index is -3.89. The third-order valence-electron chi connectivity index (χ3n) is 9.12. The lowest BCUT2D eigenvalue weighted by Crippen LogP contribution is -2.37. The summed E-state index contributed by atoms with van der Waals surface area (Å²) in [5.74, 6) is -0.719. The third-order valence-corrected chi connectivity index (χ3v) is 10.7. The van der Waals surface area contributed by atoms with Crippen molar-refractivity contribution in [3.05, 3.63) is 0 Å². The molecule has 0 aliphatic rings. The van der Waals surface area contributed by atoms with E-state index in [9.17, 15) is 14.2 Å². The molecule has 1 unspecified atom stereocenters. The second-order valence-corrected chi connectivity index (χ2v) is 18.0. The second kappa shape index (κ2) is 34.1. The molecular weight excluding hydrogens is 673 g/mol. The Morgan fingerprint density at radius 2 is 0.900 bits per heavy atom. The summed E-state index contributed by atoms with van der Waals surface area (Å²) < 4.78 is 35.0. The van der Waals surface area contributed by atoms with Crippen molar-refractivity contribution in [1.29, 1.82) is 0 Å². The first-order valence-electron chi connectivity index (χ1n) is 20.7. The first kappa shape index (κ1) is 49.3. The molecule has 0 rings (SSSR count). The average Bonchev–Trinajstić information content (AvgIpc) is 3.06. The molecule has 2 atom stereocenters. The number of halogens is 1. The summed E-state index contributed by atoms with van der Waals surface area (Å²) in [7, 11) is 5.97. The van der Waals surface area contributed by atoms with Crippen molar-refractivity contribution in [3.63, 3.8) is 0 Å². The van der Waals surface area contributed by atoms with E-state index < -0.39 is 13.1 Å². The van der Waals surface area contributed by atoms with Gasteiger partial charge in [-0.3, -0.25) is 18.6 Å². The molecule has 0 radical (unpaired) electrons. The molecule has 0 saturated heterocycles. The highest BCUT2D eigenvalue weighted by Gasteiger charge is 2.27. The Hall–Kier alpha value is -0.660. The zero-order valence-corrected chi connectivity index (χ0v) is 35.0. The summed E-state index contributed by atoms with van der Waals surface area (Å²) >= 11 is 6.03. The molecule has 0 N–H and O–H groups in total. The summed E-state index contributed by atoms with van der Waals surface area (Å²) in [4.78, 5) is 25.1. The van der Waals surface area contributed by atoms with Crippen LogP contribution in [0, 0.1) is 0 Å². The Morgan fingerprint density at radius 1 is 0.540 bits per heavy atom. The van der Waals surface area contributed by atoms with Crippen molar-refractivity contribution in [2.75, 3.05) is 47.5 Å². The number of rotatable bonds is 38. The quantitative estimate of drug-likeness (QED) is 0.0268. The molecule has 0 saturated carbocycles. The minimum absolute atomic E-state index is 0.155. The first-order chi connectivity index (χ1) is 24.0. The lowest BCUT2D eigenvalue weighted by molar-refractivity contribution is -0.870. The summed E-state index contributed by atoms with van der Waals surface area (Å²) in [6, 6.07) is 0. The maximum absolute atomic E-state index is 12.7. The molecule has 0 fully saturated rings. The molecule has 50 heavy (non-hydrogen) atoms. The maximum atomic E-state index is 12.7. The summed E-state index contributed by atoms with van der Waals surface area (Å²) in [6.07, 6.45) is 31.8. The van der Waals surface area contributed by atoms with Crippen LogP contribution >= 0.6 is 18.2 Å². The Labute approximate surface area is 313 Å². The topological polar surface area (TPSA) is 88.1 Å². The van der Waals surface area contributed by atoms with E-state index in [4.69, 9.17) is 29.8 Å². The van der Waals surface area contributed by atoms with Crippen LogP contribution in [0.25, 0.3) is 0 Å². The van der Waals surface area contributed by atoms with Crippen LogP contribution in [-0.4, -0.2) is 70.0 Å². The van der Waals surface area contributed by atoms with Crippen LogP contribution in [0.15, 0.2) is 0 Å². The largest absolute Gasteiger partial charge is 0.462 e. The first-order valence-corrected chi connectivity index (χ1v) is 23.2. The Balaban J connectivity index is 4.36. The number of quaternary nitrogens is 1. The van der Waals surface area contributed by atoms with Gasteiger partial charge in [0.1, 0.15) is 19.8 Å². The normalized spacial score (nSPS) is 13.6. The predicted molar refractivity (Wildman–Crippen MR) is 210 cm³/mol. The van der Waals surface area contributed by atoms with Gasteiger partial charge >= 0.3 is 18.9 Å². The van der Waals surface area contributed by atoms with Crippen LogP contribution in [0.2, 0.25) is 0 Å². The van der Waals surface area contributed by atoms with Gasteiger partial charge in [-0.25, -0.2) is 4.57 Å². The van der Waals surface area contributed by atoms with Crippen molar-refractivity contribution >= 4 is 30.1 Å². The molecule has 8 nitrogen and oxygen atoms in total. The van der Waals surface area contributed by atoms with Gasteiger partial charge in [0.15, 0.2) is 6.10 Å². The van der Waals surface area contributed by atoms with Gasteiger partial charge in [-0.05, 0) is 12.8 Å². The number of unbranched alkanes of at least 4 members (excludes halogenated alkanes) is 24. The molecule has 0 spiro atoms. The molecular formula is C40H80ClNO7P+. The van der Waals surface area contributed by atoms with Crippen LogP contribution in [-0.2, 0) is 32.7 Å². The molecule has 0 amide bonds. The lowest BCUT2D eigenvalue weighted by Gasteiger charge is -2.24. The highest BCUT2D eigenvalue weighted by molar-refractivity contribution is 7.81. The highest BCUT2D eigenvalue weighted by Crippen LogP contribution is 2.53. The number of carbonyl (C=O) groups is 2. The zero-order valence-electron chi connectivity index (χ0n) is 33.3. The number of hydrogen-bond donors (Lipinski definition) is 0. The zero-order chi connectivity index (χ0) is 37.2. The van der Waals surface area contributed by atoms with E-state index in [0.717, 1.165) is 38.5 Å². The highest BCUT2D eigenvalue weighted by atomic mass is 35.7. The summed E-state index contributed by atoms with van der Waals surface area (Å²) in [5.41, 5.74) is 0. The van der Waals surface area contributed by atoms with Gasteiger partial charge < -0.3 is 14.0 Å². The van der Waals surface area contributed by atoms with Gasteiger partial charge in [0, 0.05) is 24.1 Å². The van der Waals surface area contributed by atoms with Gasteiger partial charge in [0.05, 0.1) is 27.7 Å². The van der Waals surface area contributed by atoms with E-state index in [1.54, 1.807) is 0 Å². The van der Waals surface area contributed by atoms with Crippen molar-refractivity contribution in [3.8, 4) is 0 Å². The number of hydrogen-bond acceptors (Lipinski definition) is 7. The summed E-state index contributed by atoms with van der Waals surface area (Å²) in [6.45, 7) is 0.921. The summed E-state index contributed by atoms with van der Waals surface area (Å²) in [5, 5.41) is 0. The number of esters is 2. The van der Waals surface area contributed by atoms with E-state index in [0.29, 0.717) is 17.4 Å². The predicted octanol–water partition coefficient (Wildman–Crippen LogP) is 12.5. The SMILES string of the molecule is CCCCCCCCCCCCCCCC(=O)OC[C@@H](COP(=O)(Cl)OCC[N+](C)(C)C)OC(=O)CCCCCCCCCCCCCCC. The van der Waals surface area contributed by atoms with Gasteiger partial charge in [-0.1, -0.05) is 168 Å².